The fraction of sp³-hybridized carbons (Fsp3) is 0.105. The van der Waals surface area contributed by atoms with Gasteiger partial charge in [-0.25, -0.2) is 17.2 Å². The van der Waals surface area contributed by atoms with E-state index in [0.29, 0.717) is 16.4 Å². The van der Waals surface area contributed by atoms with E-state index in [-0.39, 0.29) is 17.2 Å². The van der Waals surface area contributed by atoms with Crippen LogP contribution in [0.3, 0.4) is 0 Å². The lowest BCUT2D eigenvalue weighted by Crippen LogP contribution is -2.15. The Kier molecular flexibility index (Phi) is 3.81. The molecule has 0 unspecified atom stereocenters. The predicted octanol–water partition coefficient (Wildman–Crippen LogP) is 3.54. The highest BCUT2D eigenvalue weighted by Gasteiger charge is 2.28. The van der Waals surface area contributed by atoms with E-state index in [9.17, 15) is 13.2 Å². The molecule has 26 heavy (non-hydrogen) atoms. The third-order valence-electron chi connectivity index (χ3n) is 4.23. The van der Waals surface area contributed by atoms with Crippen LogP contribution in [0.25, 0.3) is 21.8 Å². The van der Waals surface area contributed by atoms with Gasteiger partial charge in [-0.3, -0.25) is 0 Å². The van der Waals surface area contributed by atoms with Crippen LogP contribution in [-0.4, -0.2) is 30.0 Å². The lowest BCUT2D eigenvalue weighted by atomic mass is 10.2. The standard InChI is InChI=1S/C19H16N2O4S/c1-2-25-19(22)17-18-15(12-20-17)14-10-6-7-11-16(14)21(18)26(23,24)13-8-4-3-5-9-13/h3-12,20H,2H2,1H3. The van der Waals surface area contributed by atoms with Crippen molar-refractivity contribution in [3.8, 4) is 0 Å². The van der Waals surface area contributed by atoms with Crippen molar-refractivity contribution in [2.24, 2.45) is 0 Å². The predicted molar refractivity (Wildman–Crippen MR) is 98.8 cm³/mol. The zero-order valence-corrected chi connectivity index (χ0v) is 14.8. The monoisotopic (exact) mass is 368 g/mol. The van der Waals surface area contributed by atoms with E-state index >= 15 is 0 Å². The number of carbonyl (C=O) groups excluding carboxylic acids is 1. The first-order chi connectivity index (χ1) is 12.6. The molecule has 0 spiro atoms. The van der Waals surface area contributed by atoms with Gasteiger partial charge in [-0.2, -0.15) is 0 Å². The van der Waals surface area contributed by atoms with Crippen molar-refractivity contribution < 1.29 is 17.9 Å². The van der Waals surface area contributed by atoms with Gasteiger partial charge in [-0.15, -0.1) is 0 Å². The van der Waals surface area contributed by atoms with Crippen molar-refractivity contribution in [3.63, 3.8) is 0 Å². The minimum Gasteiger partial charge on any atom is -0.461 e. The Balaban J connectivity index is 2.12. The van der Waals surface area contributed by atoms with Crippen LogP contribution in [-0.2, 0) is 14.8 Å². The van der Waals surface area contributed by atoms with Crippen LogP contribution < -0.4 is 0 Å². The van der Waals surface area contributed by atoms with Crippen LogP contribution in [0.4, 0.5) is 0 Å². The highest BCUT2D eigenvalue weighted by atomic mass is 32.2. The number of aromatic nitrogens is 2. The summed E-state index contributed by atoms with van der Waals surface area (Å²) in [6, 6.07) is 15.3. The van der Waals surface area contributed by atoms with E-state index in [1.54, 1.807) is 43.5 Å². The highest BCUT2D eigenvalue weighted by molar-refractivity contribution is 7.90. The Hall–Kier alpha value is -3.06. The van der Waals surface area contributed by atoms with Gasteiger partial charge >= 0.3 is 5.97 Å². The number of nitrogens with one attached hydrogen (secondary N) is 1. The first kappa shape index (κ1) is 16.4. The zero-order chi connectivity index (χ0) is 18.3. The SMILES string of the molecule is CCOC(=O)c1[nH]cc2c3ccccc3n(S(=O)(=O)c3ccccc3)c12. The Morgan fingerprint density at radius 1 is 1.04 bits per heavy atom. The maximum atomic E-state index is 13.4. The number of rotatable bonds is 4. The number of benzene rings is 2. The van der Waals surface area contributed by atoms with E-state index < -0.39 is 16.0 Å². The molecule has 0 aliphatic rings. The zero-order valence-electron chi connectivity index (χ0n) is 14.0. The van der Waals surface area contributed by atoms with Gasteiger partial charge in [-0.05, 0) is 25.1 Å². The largest absolute Gasteiger partial charge is 0.461 e. The Morgan fingerprint density at radius 2 is 1.73 bits per heavy atom. The van der Waals surface area contributed by atoms with Gasteiger partial charge in [0.2, 0.25) is 0 Å². The topological polar surface area (TPSA) is 81.2 Å². The van der Waals surface area contributed by atoms with E-state index in [2.05, 4.69) is 4.98 Å². The smallest absolute Gasteiger partial charge is 0.356 e. The van der Waals surface area contributed by atoms with Gasteiger partial charge in [-0.1, -0.05) is 36.4 Å². The summed E-state index contributed by atoms with van der Waals surface area (Å²) < 4.78 is 33.0. The summed E-state index contributed by atoms with van der Waals surface area (Å²) >= 11 is 0. The second kappa shape index (κ2) is 6.03. The number of H-pyrrole nitrogens is 1. The number of hydrogen-bond donors (Lipinski definition) is 1. The van der Waals surface area contributed by atoms with Crippen LogP contribution in [0.2, 0.25) is 0 Å². The van der Waals surface area contributed by atoms with Crippen LogP contribution in [0.1, 0.15) is 17.4 Å². The number of esters is 1. The number of aromatic amines is 1. The summed E-state index contributed by atoms with van der Waals surface area (Å²) in [5.41, 5.74) is 0.937. The fourth-order valence-corrected chi connectivity index (χ4v) is 4.70. The van der Waals surface area contributed by atoms with Gasteiger partial charge < -0.3 is 9.72 Å². The van der Waals surface area contributed by atoms with Crippen LogP contribution in [0.15, 0.2) is 65.7 Å². The van der Waals surface area contributed by atoms with Crippen LogP contribution in [0, 0.1) is 0 Å². The normalized spacial score (nSPS) is 11.9. The van der Waals surface area contributed by atoms with Gasteiger partial charge in [0.25, 0.3) is 10.0 Å². The molecule has 2 heterocycles. The van der Waals surface area contributed by atoms with Crippen molar-refractivity contribution in [2.45, 2.75) is 11.8 Å². The summed E-state index contributed by atoms with van der Waals surface area (Å²) in [6.07, 6.45) is 1.64. The highest BCUT2D eigenvalue weighted by Crippen LogP contribution is 2.34. The number of fused-ring (bicyclic) bond motifs is 3. The summed E-state index contributed by atoms with van der Waals surface area (Å²) in [6.45, 7) is 1.90. The van der Waals surface area contributed by atoms with Crippen LogP contribution in [0.5, 0.6) is 0 Å². The quantitative estimate of drug-likeness (QED) is 0.559. The Labute approximate surface area is 150 Å². The molecule has 7 heteroatoms. The molecule has 0 fully saturated rings. The van der Waals surface area contributed by atoms with Crippen LogP contribution >= 0.6 is 0 Å². The molecule has 0 aliphatic heterocycles. The number of para-hydroxylation sites is 1. The molecule has 0 radical (unpaired) electrons. The summed E-state index contributed by atoms with van der Waals surface area (Å²) in [5, 5.41) is 1.40. The third-order valence-corrected chi connectivity index (χ3v) is 5.96. The van der Waals surface area contributed by atoms with Gasteiger partial charge in [0, 0.05) is 17.0 Å². The minimum absolute atomic E-state index is 0.123. The van der Waals surface area contributed by atoms with Crippen molar-refractivity contribution in [2.75, 3.05) is 6.61 Å². The van der Waals surface area contributed by atoms with Gasteiger partial charge in [0.1, 0.15) is 0 Å². The molecule has 0 atom stereocenters. The Bertz CT molecular complexity index is 1220. The summed E-state index contributed by atoms with van der Waals surface area (Å²) in [5.74, 6) is -0.588. The first-order valence-electron chi connectivity index (χ1n) is 8.14. The fourth-order valence-electron chi connectivity index (χ4n) is 3.14. The van der Waals surface area contributed by atoms with Crippen molar-refractivity contribution in [1.82, 2.24) is 8.96 Å². The maximum Gasteiger partial charge on any atom is 0.356 e. The first-order valence-corrected chi connectivity index (χ1v) is 9.58. The summed E-state index contributed by atoms with van der Waals surface area (Å²) in [4.78, 5) is 15.4. The molecular weight excluding hydrogens is 352 g/mol. The molecule has 0 saturated carbocycles. The Morgan fingerprint density at radius 3 is 2.46 bits per heavy atom. The summed E-state index contributed by atoms with van der Waals surface area (Å²) in [7, 11) is -3.90. The lowest BCUT2D eigenvalue weighted by Gasteiger charge is -2.10. The second-order valence-electron chi connectivity index (χ2n) is 5.75. The number of ether oxygens (including phenoxy) is 1. The molecule has 132 valence electrons. The number of carbonyl (C=O) groups is 1. The second-order valence-corrected chi connectivity index (χ2v) is 7.53. The molecule has 0 aliphatic carbocycles. The molecule has 2 aromatic heterocycles. The molecule has 0 amide bonds. The molecular formula is C19H16N2O4S. The average molecular weight is 368 g/mol. The molecule has 6 nitrogen and oxygen atoms in total. The van der Waals surface area contributed by atoms with Gasteiger partial charge in [0.15, 0.2) is 5.69 Å². The van der Waals surface area contributed by atoms with E-state index in [0.717, 1.165) is 5.39 Å². The number of nitrogens with zero attached hydrogens (tertiary/aromatic N) is 1. The van der Waals surface area contributed by atoms with Crippen molar-refractivity contribution in [3.05, 3.63) is 66.5 Å². The van der Waals surface area contributed by atoms with E-state index in [4.69, 9.17) is 4.74 Å². The molecule has 4 rings (SSSR count). The molecule has 0 saturated heterocycles. The van der Waals surface area contributed by atoms with Crippen molar-refractivity contribution in [1.29, 1.82) is 0 Å². The van der Waals surface area contributed by atoms with E-state index in [1.165, 1.54) is 16.1 Å². The molecule has 1 N–H and O–H groups in total. The molecule has 4 aromatic rings. The van der Waals surface area contributed by atoms with E-state index in [1.807, 2.05) is 12.1 Å². The minimum atomic E-state index is -3.90. The van der Waals surface area contributed by atoms with Crippen molar-refractivity contribution >= 4 is 37.8 Å². The third kappa shape index (κ3) is 2.32. The molecule has 0 bridgehead atoms. The van der Waals surface area contributed by atoms with Gasteiger partial charge in [0.05, 0.1) is 22.5 Å². The number of hydrogen-bond acceptors (Lipinski definition) is 4. The average Bonchev–Trinajstić information content (AvgIpc) is 3.20. The lowest BCUT2D eigenvalue weighted by molar-refractivity contribution is 0.0522. The molecule has 2 aromatic carbocycles. The maximum absolute atomic E-state index is 13.4.